The van der Waals surface area contributed by atoms with Gasteiger partial charge in [0, 0.05) is 15.6 Å². The molecule has 0 N–H and O–H groups in total. The summed E-state index contributed by atoms with van der Waals surface area (Å²) in [6.07, 6.45) is -0.325. The van der Waals surface area contributed by atoms with Gasteiger partial charge in [0.15, 0.2) is 0 Å². The molecule has 0 aromatic heterocycles. The molecule has 0 amide bonds. The van der Waals surface area contributed by atoms with Gasteiger partial charge in [0.2, 0.25) is 0 Å². The SMILES string of the molecule is Clc1cccc(Cl)c1COOC(c1ccccc1)c1ccccc1. The summed E-state index contributed by atoms with van der Waals surface area (Å²) < 4.78 is 0. The molecular formula is C20H16Cl2O2. The van der Waals surface area contributed by atoms with Gasteiger partial charge in [-0.2, -0.15) is 0 Å². The highest BCUT2D eigenvalue weighted by atomic mass is 35.5. The molecule has 4 heteroatoms. The van der Waals surface area contributed by atoms with Crippen molar-refractivity contribution in [1.29, 1.82) is 0 Å². The number of halogens is 2. The molecule has 122 valence electrons. The second kappa shape index (κ2) is 8.32. The Morgan fingerprint density at radius 3 is 1.67 bits per heavy atom. The van der Waals surface area contributed by atoms with Crippen LogP contribution in [0.2, 0.25) is 10.0 Å². The smallest absolute Gasteiger partial charge is 0.143 e. The van der Waals surface area contributed by atoms with Gasteiger partial charge in [0.1, 0.15) is 12.7 Å². The highest BCUT2D eigenvalue weighted by Gasteiger charge is 2.16. The van der Waals surface area contributed by atoms with Crippen molar-refractivity contribution in [2.24, 2.45) is 0 Å². The third-order valence-corrected chi connectivity index (χ3v) is 4.34. The normalized spacial score (nSPS) is 11.0. The van der Waals surface area contributed by atoms with E-state index in [0.717, 1.165) is 11.1 Å². The predicted molar refractivity (Wildman–Crippen MR) is 97.1 cm³/mol. The zero-order valence-electron chi connectivity index (χ0n) is 12.9. The van der Waals surface area contributed by atoms with E-state index in [1.807, 2.05) is 60.7 Å². The minimum atomic E-state index is -0.325. The Morgan fingerprint density at radius 2 is 1.17 bits per heavy atom. The summed E-state index contributed by atoms with van der Waals surface area (Å²) in [6.45, 7) is 0.175. The van der Waals surface area contributed by atoms with Crippen LogP contribution in [-0.2, 0) is 16.4 Å². The topological polar surface area (TPSA) is 18.5 Å². The second-order valence-corrected chi connectivity index (χ2v) is 6.07. The zero-order chi connectivity index (χ0) is 16.8. The van der Waals surface area contributed by atoms with Gasteiger partial charge in [0.25, 0.3) is 0 Å². The van der Waals surface area contributed by atoms with Gasteiger partial charge in [-0.25, -0.2) is 9.78 Å². The van der Waals surface area contributed by atoms with E-state index in [9.17, 15) is 0 Å². The van der Waals surface area contributed by atoms with Crippen LogP contribution in [-0.4, -0.2) is 0 Å². The lowest BCUT2D eigenvalue weighted by Gasteiger charge is -2.18. The molecule has 3 aromatic carbocycles. The molecule has 24 heavy (non-hydrogen) atoms. The van der Waals surface area contributed by atoms with E-state index in [4.69, 9.17) is 33.0 Å². The number of benzene rings is 3. The molecule has 2 nitrogen and oxygen atoms in total. The molecule has 0 atom stereocenters. The van der Waals surface area contributed by atoms with Crippen LogP contribution in [0.1, 0.15) is 22.8 Å². The summed E-state index contributed by atoms with van der Waals surface area (Å²) >= 11 is 12.3. The van der Waals surface area contributed by atoms with Crippen LogP contribution in [0.15, 0.2) is 78.9 Å². The summed E-state index contributed by atoms with van der Waals surface area (Å²) in [5.74, 6) is 0. The zero-order valence-corrected chi connectivity index (χ0v) is 14.4. The van der Waals surface area contributed by atoms with Gasteiger partial charge in [0.05, 0.1) is 0 Å². The summed E-state index contributed by atoms with van der Waals surface area (Å²) in [7, 11) is 0. The molecule has 0 bridgehead atoms. The molecule has 3 aromatic rings. The van der Waals surface area contributed by atoms with Crippen molar-refractivity contribution >= 4 is 23.2 Å². The lowest BCUT2D eigenvalue weighted by molar-refractivity contribution is -0.327. The summed E-state index contributed by atoms with van der Waals surface area (Å²) in [5.41, 5.74) is 2.73. The minimum absolute atomic E-state index is 0.175. The number of hydrogen-bond acceptors (Lipinski definition) is 2. The van der Waals surface area contributed by atoms with Crippen molar-refractivity contribution < 1.29 is 9.78 Å². The Labute approximate surface area is 151 Å². The highest BCUT2D eigenvalue weighted by molar-refractivity contribution is 6.35. The summed E-state index contributed by atoms with van der Waals surface area (Å²) in [5, 5.41) is 1.11. The van der Waals surface area contributed by atoms with Gasteiger partial charge >= 0.3 is 0 Å². The maximum atomic E-state index is 6.16. The largest absolute Gasteiger partial charge is 0.231 e. The standard InChI is InChI=1S/C20H16Cl2O2/c21-18-12-7-13-19(22)17(18)14-23-24-20(15-8-3-1-4-9-15)16-10-5-2-6-11-16/h1-13,20H,14H2. The first-order chi connectivity index (χ1) is 11.8. The van der Waals surface area contributed by atoms with Gasteiger partial charge in [-0.15, -0.1) is 0 Å². The van der Waals surface area contributed by atoms with E-state index in [0.29, 0.717) is 15.6 Å². The minimum Gasteiger partial charge on any atom is -0.231 e. The fourth-order valence-corrected chi connectivity index (χ4v) is 2.90. The first-order valence-electron chi connectivity index (χ1n) is 7.57. The molecule has 0 aliphatic rings. The summed E-state index contributed by atoms with van der Waals surface area (Å²) in [4.78, 5) is 11.2. The number of hydrogen-bond donors (Lipinski definition) is 0. The van der Waals surface area contributed by atoms with E-state index in [1.54, 1.807) is 18.2 Å². The van der Waals surface area contributed by atoms with Crippen LogP contribution < -0.4 is 0 Å². The molecule has 0 aliphatic heterocycles. The Bertz CT molecular complexity index is 716. The van der Waals surface area contributed by atoms with Crippen LogP contribution in [0, 0.1) is 0 Å². The molecule has 0 radical (unpaired) electrons. The third kappa shape index (κ3) is 4.16. The van der Waals surface area contributed by atoms with E-state index < -0.39 is 0 Å². The Balaban J connectivity index is 1.76. The lowest BCUT2D eigenvalue weighted by Crippen LogP contribution is -2.07. The monoisotopic (exact) mass is 358 g/mol. The molecular weight excluding hydrogens is 343 g/mol. The molecule has 0 saturated heterocycles. The van der Waals surface area contributed by atoms with E-state index >= 15 is 0 Å². The Kier molecular flexibility index (Phi) is 5.89. The fraction of sp³-hybridized carbons (Fsp3) is 0.100. The maximum Gasteiger partial charge on any atom is 0.143 e. The summed E-state index contributed by atoms with van der Waals surface area (Å²) in [6, 6.07) is 25.2. The van der Waals surface area contributed by atoms with Crippen LogP contribution in [0.5, 0.6) is 0 Å². The molecule has 3 rings (SSSR count). The molecule has 0 fully saturated rings. The van der Waals surface area contributed by atoms with E-state index in [-0.39, 0.29) is 12.7 Å². The van der Waals surface area contributed by atoms with Crippen molar-refractivity contribution in [2.45, 2.75) is 12.7 Å². The van der Waals surface area contributed by atoms with Crippen molar-refractivity contribution in [3.8, 4) is 0 Å². The van der Waals surface area contributed by atoms with Gasteiger partial charge < -0.3 is 0 Å². The lowest BCUT2D eigenvalue weighted by atomic mass is 10.0. The van der Waals surface area contributed by atoms with Crippen molar-refractivity contribution in [3.63, 3.8) is 0 Å². The van der Waals surface area contributed by atoms with Crippen molar-refractivity contribution in [1.82, 2.24) is 0 Å². The van der Waals surface area contributed by atoms with Crippen molar-refractivity contribution in [2.75, 3.05) is 0 Å². The van der Waals surface area contributed by atoms with Crippen LogP contribution >= 0.6 is 23.2 Å². The number of rotatable bonds is 6. The van der Waals surface area contributed by atoms with Crippen LogP contribution in [0.4, 0.5) is 0 Å². The molecule has 0 unspecified atom stereocenters. The van der Waals surface area contributed by atoms with Crippen LogP contribution in [0.25, 0.3) is 0 Å². The fourth-order valence-electron chi connectivity index (χ4n) is 2.39. The Hall–Kier alpha value is -1.84. The van der Waals surface area contributed by atoms with E-state index in [1.165, 1.54) is 0 Å². The molecule has 0 heterocycles. The van der Waals surface area contributed by atoms with Crippen molar-refractivity contribution in [3.05, 3.63) is 106 Å². The quantitative estimate of drug-likeness (QED) is 0.384. The predicted octanol–water partition coefficient (Wildman–Crippen LogP) is 6.23. The van der Waals surface area contributed by atoms with Crippen LogP contribution in [0.3, 0.4) is 0 Å². The highest BCUT2D eigenvalue weighted by Crippen LogP contribution is 2.29. The first-order valence-corrected chi connectivity index (χ1v) is 8.32. The molecule has 0 spiro atoms. The van der Waals surface area contributed by atoms with Gasteiger partial charge in [-0.05, 0) is 23.3 Å². The second-order valence-electron chi connectivity index (χ2n) is 5.26. The molecule has 0 saturated carbocycles. The average molecular weight is 359 g/mol. The first kappa shape index (κ1) is 17.0. The van der Waals surface area contributed by atoms with Gasteiger partial charge in [-0.1, -0.05) is 89.9 Å². The van der Waals surface area contributed by atoms with Gasteiger partial charge in [-0.3, -0.25) is 0 Å². The average Bonchev–Trinajstić information content (AvgIpc) is 2.62. The maximum absolute atomic E-state index is 6.16. The molecule has 0 aliphatic carbocycles. The van der Waals surface area contributed by atoms with E-state index in [2.05, 4.69) is 0 Å². The Morgan fingerprint density at radius 1 is 0.667 bits per heavy atom. The third-order valence-electron chi connectivity index (χ3n) is 3.63.